The zero-order valence-corrected chi connectivity index (χ0v) is 27.3. The lowest BCUT2D eigenvalue weighted by molar-refractivity contribution is -0.0112. The van der Waals surface area contributed by atoms with Gasteiger partial charge in [-0.05, 0) is 78.7 Å². The van der Waals surface area contributed by atoms with Crippen LogP contribution in [0.25, 0.3) is 32.9 Å². The number of ether oxygens (including phenoxy) is 2. The third-order valence-corrected chi connectivity index (χ3v) is 7.75. The smallest absolute Gasteiger partial charge is 0.420 e. The zero-order chi connectivity index (χ0) is 33.6. The first kappa shape index (κ1) is 32.5. The Hall–Kier alpha value is -4.94. The fourth-order valence-corrected chi connectivity index (χ4v) is 5.90. The first-order valence-electron chi connectivity index (χ1n) is 15.3. The van der Waals surface area contributed by atoms with E-state index in [4.69, 9.17) is 20.2 Å². The van der Waals surface area contributed by atoms with E-state index in [1.807, 2.05) is 37.4 Å². The number of anilines is 2. The maximum atomic E-state index is 13.2. The molecular formula is C33H41N7O6. The highest BCUT2D eigenvalue weighted by Crippen LogP contribution is 2.36. The summed E-state index contributed by atoms with van der Waals surface area (Å²) in [5.41, 5.74) is 6.66. The molecule has 0 radical (unpaired) electrons. The summed E-state index contributed by atoms with van der Waals surface area (Å²) >= 11 is 0. The minimum absolute atomic E-state index is 0.0577. The Morgan fingerprint density at radius 1 is 0.913 bits per heavy atom. The van der Waals surface area contributed by atoms with E-state index in [1.54, 1.807) is 58.5 Å². The Kier molecular flexibility index (Phi) is 8.54. The molecule has 244 valence electrons. The number of carbonyl (C=O) groups is 3. The van der Waals surface area contributed by atoms with Crippen molar-refractivity contribution in [3.8, 4) is 11.3 Å². The number of hydrogen-bond acceptors (Lipinski definition) is 9. The van der Waals surface area contributed by atoms with Gasteiger partial charge < -0.3 is 20.3 Å². The molecule has 0 spiro atoms. The van der Waals surface area contributed by atoms with Gasteiger partial charge >= 0.3 is 18.3 Å². The van der Waals surface area contributed by atoms with Crippen molar-refractivity contribution in [2.75, 3.05) is 10.6 Å². The van der Waals surface area contributed by atoms with Crippen LogP contribution >= 0.6 is 0 Å². The maximum absolute atomic E-state index is 13.2. The second-order valence-corrected chi connectivity index (χ2v) is 13.6. The number of carbonyl (C=O) groups excluding carboxylic acids is 2. The quantitative estimate of drug-likeness (QED) is 0.230. The fourth-order valence-electron chi connectivity index (χ4n) is 5.90. The van der Waals surface area contributed by atoms with Crippen molar-refractivity contribution in [3.05, 3.63) is 42.6 Å². The zero-order valence-electron chi connectivity index (χ0n) is 27.3. The minimum atomic E-state index is -1.19. The van der Waals surface area contributed by atoms with Gasteiger partial charge in [-0.15, -0.1) is 0 Å². The van der Waals surface area contributed by atoms with Crippen LogP contribution in [0.5, 0.6) is 0 Å². The lowest BCUT2D eigenvalue weighted by atomic mass is 9.89. The molecule has 0 bridgehead atoms. The van der Waals surface area contributed by atoms with Crippen molar-refractivity contribution < 1.29 is 29.0 Å². The van der Waals surface area contributed by atoms with Gasteiger partial charge in [0.2, 0.25) is 5.95 Å². The number of aromatic nitrogens is 4. The third-order valence-electron chi connectivity index (χ3n) is 7.75. The number of rotatable bonds is 4. The molecule has 2 aromatic carbocycles. The summed E-state index contributed by atoms with van der Waals surface area (Å²) in [5.74, 6) is 0.461. The first-order chi connectivity index (χ1) is 21.5. The number of benzene rings is 2. The number of nitrogens with zero attached hydrogens (tertiary/aromatic N) is 6. The van der Waals surface area contributed by atoms with E-state index < -0.39 is 41.6 Å². The summed E-state index contributed by atoms with van der Waals surface area (Å²) in [4.78, 5) is 50.5. The van der Waals surface area contributed by atoms with E-state index in [9.17, 15) is 19.5 Å². The molecule has 1 aliphatic carbocycles. The van der Waals surface area contributed by atoms with Crippen LogP contribution in [0, 0.1) is 0 Å². The van der Waals surface area contributed by atoms with E-state index in [-0.39, 0.29) is 5.95 Å². The molecule has 13 heteroatoms. The number of amides is 3. The number of imide groups is 1. The van der Waals surface area contributed by atoms with E-state index in [0.29, 0.717) is 37.0 Å². The molecule has 46 heavy (non-hydrogen) atoms. The molecule has 3 N–H and O–H groups in total. The fraction of sp³-hybridized carbons (Fsp3) is 0.455. The van der Waals surface area contributed by atoms with Crippen LogP contribution in [0.4, 0.5) is 26.1 Å². The van der Waals surface area contributed by atoms with Crippen molar-refractivity contribution in [1.82, 2.24) is 24.6 Å². The molecule has 0 saturated heterocycles. The SMILES string of the molecule is Cn1nc(N)cc1-c1cc2cnc(N(C(=O)O)C3CCC(N(C(=O)OC(C)(C)C)C(=O)OC(C)(C)C)CC3)nc2c2ccccc12. The molecule has 0 unspecified atom stereocenters. The molecule has 2 heterocycles. The topological polar surface area (TPSA) is 166 Å². The van der Waals surface area contributed by atoms with E-state index in [1.165, 1.54) is 4.90 Å². The Labute approximate surface area is 267 Å². The normalized spacial score (nSPS) is 17.1. The van der Waals surface area contributed by atoms with E-state index in [0.717, 1.165) is 32.3 Å². The van der Waals surface area contributed by atoms with Crippen molar-refractivity contribution in [2.24, 2.45) is 7.05 Å². The molecule has 0 aliphatic heterocycles. The summed E-state index contributed by atoms with van der Waals surface area (Å²) < 4.78 is 12.8. The average Bonchev–Trinajstić information content (AvgIpc) is 3.29. The minimum Gasteiger partial charge on any atom is -0.465 e. The number of aryl methyl sites for hydroxylation is 1. The van der Waals surface area contributed by atoms with Crippen LogP contribution in [-0.2, 0) is 16.5 Å². The third kappa shape index (κ3) is 6.82. The molecule has 4 aromatic rings. The molecule has 0 atom stereocenters. The Morgan fingerprint density at radius 3 is 2.00 bits per heavy atom. The van der Waals surface area contributed by atoms with Crippen molar-refractivity contribution in [3.63, 3.8) is 0 Å². The second kappa shape index (κ2) is 12.1. The monoisotopic (exact) mass is 631 g/mol. The largest absolute Gasteiger partial charge is 0.465 e. The Balaban J connectivity index is 1.44. The van der Waals surface area contributed by atoms with Gasteiger partial charge in [0.15, 0.2) is 0 Å². The van der Waals surface area contributed by atoms with Gasteiger partial charge in [-0.2, -0.15) is 5.10 Å². The van der Waals surface area contributed by atoms with Crippen LogP contribution in [-0.4, -0.2) is 71.3 Å². The summed E-state index contributed by atoms with van der Waals surface area (Å²) in [5, 5.41) is 17.1. The van der Waals surface area contributed by atoms with Gasteiger partial charge in [0.05, 0.1) is 11.2 Å². The van der Waals surface area contributed by atoms with Gasteiger partial charge in [0.25, 0.3) is 0 Å². The molecule has 1 aliphatic rings. The highest BCUT2D eigenvalue weighted by molar-refractivity contribution is 6.12. The Morgan fingerprint density at radius 2 is 1.48 bits per heavy atom. The van der Waals surface area contributed by atoms with Crippen LogP contribution in [0.2, 0.25) is 0 Å². The molecule has 2 aromatic heterocycles. The van der Waals surface area contributed by atoms with Gasteiger partial charge in [-0.25, -0.2) is 34.2 Å². The molecule has 13 nitrogen and oxygen atoms in total. The van der Waals surface area contributed by atoms with Crippen LogP contribution in [0.3, 0.4) is 0 Å². The first-order valence-corrected chi connectivity index (χ1v) is 15.3. The standard InChI is InChI=1S/C33H41N7O6/c1-32(2,3)45-30(43)40(31(44)46-33(4,5)6)21-14-12-20(13-15-21)39(29(41)42)28-35-18-19-16-24(25-17-26(34)37-38(25)7)22-10-8-9-11-23(22)27(19)36-28/h8-11,16-18,20-21H,12-15H2,1-7H3,(H2,34,37)(H,41,42). The molecule has 1 fully saturated rings. The maximum Gasteiger partial charge on any atom is 0.420 e. The lowest BCUT2D eigenvalue weighted by Gasteiger charge is -2.38. The van der Waals surface area contributed by atoms with Gasteiger partial charge in [0.1, 0.15) is 17.0 Å². The number of hydrogen-bond donors (Lipinski definition) is 2. The van der Waals surface area contributed by atoms with Crippen molar-refractivity contribution in [1.29, 1.82) is 0 Å². The second-order valence-electron chi connectivity index (χ2n) is 13.6. The van der Waals surface area contributed by atoms with Crippen LogP contribution < -0.4 is 10.6 Å². The van der Waals surface area contributed by atoms with E-state index >= 15 is 0 Å². The molecule has 1 saturated carbocycles. The summed E-state index contributed by atoms with van der Waals surface area (Å²) in [6, 6.07) is 10.5. The Bertz CT molecular complexity index is 1770. The highest BCUT2D eigenvalue weighted by Gasteiger charge is 2.40. The molecule has 5 rings (SSSR count). The molecule has 3 amide bonds. The molecular weight excluding hydrogens is 590 g/mol. The predicted octanol–water partition coefficient (Wildman–Crippen LogP) is 6.73. The van der Waals surface area contributed by atoms with Crippen molar-refractivity contribution >= 4 is 51.7 Å². The summed E-state index contributed by atoms with van der Waals surface area (Å²) in [7, 11) is 1.82. The van der Waals surface area contributed by atoms with Gasteiger partial charge in [-0.3, -0.25) is 4.68 Å². The number of nitrogen functional groups attached to an aromatic ring is 1. The predicted molar refractivity (Wildman–Crippen MR) is 175 cm³/mol. The van der Waals surface area contributed by atoms with Crippen LogP contribution in [0.15, 0.2) is 42.6 Å². The van der Waals surface area contributed by atoms with Gasteiger partial charge in [-0.1, -0.05) is 24.3 Å². The van der Waals surface area contributed by atoms with Crippen LogP contribution in [0.1, 0.15) is 67.2 Å². The number of fused-ring (bicyclic) bond motifs is 3. The van der Waals surface area contributed by atoms with Crippen molar-refractivity contribution in [2.45, 2.75) is 90.5 Å². The summed E-state index contributed by atoms with van der Waals surface area (Å²) in [6.45, 7) is 10.3. The number of carboxylic acid groups (broad SMARTS) is 1. The lowest BCUT2D eigenvalue weighted by Crippen LogP contribution is -2.52. The number of nitrogens with two attached hydrogens (primary N) is 1. The average molecular weight is 632 g/mol. The highest BCUT2D eigenvalue weighted by atomic mass is 16.6. The summed E-state index contributed by atoms with van der Waals surface area (Å²) in [6.07, 6.45) is 0.272. The van der Waals surface area contributed by atoms with Gasteiger partial charge in [0, 0.05) is 47.7 Å². The van der Waals surface area contributed by atoms with E-state index in [2.05, 4.69) is 10.1 Å².